The van der Waals surface area contributed by atoms with E-state index < -0.39 is 0 Å². The Labute approximate surface area is 113 Å². The maximum absolute atomic E-state index is 5.92. The second kappa shape index (κ2) is 4.75. The van der Waals surface area contributed by atoms with Gasteiger partial charge >= 0.3 is 0 Å². The SMILES string of the molecule is Cc1cccc(-c2cnc(C(C)Cl)o2)c1I. The Hall–Kier alpha value is -0.550. The second-order valence-corrected chi connectivity index (χ2v) is 5.35. The van der Waals surface area contributed by atoms with Gasteiger partial charge in [-0.2, -0.15) is 0 Å². The summed E-state index contributed by atoms with van der Waals surface area (Å²) >= 11 is 8.23. The van der Waals surface area contributed by atoms with Crippen LogP contribution in [0.1, 0.15) is 23.8 Å². The third-order valence-electron chi connectivity index (χ3n) is 2.32. The van der Waals surface area contributed by atoms with Gasteiger partial charge in [0.25, 0.3) is 0 Å². The van der Waals surface area contributed by atoms with Gasteiger partial charge in [-0.3, -0.25) is 0 Å². The molecule has 1 heterocycles. The van der Waals surface area contributed by atoms with E-state index in [4.69, 9.17) is 16.0 Å². The van der Waals surface area contributed by atoms with E-state index in [1.807, 2.05) is 19.1 Å². The molecule has 0 bridgehead atoms. The molecule has 4 heteroatoms. The van der Waals surface area contributed by atoms with Crippen molar-refractivity contribution in [2.24, 2.45) is 0 Å². The van der Waals surface area contributed by atoms with Gasteiger partial charge in [0, 0.05) is 9.13 Å². The normalized spacial score (nSPS) is 12.8. The molecule has 2 nitrogen and oxygen atoms in total. The van der Waals surface area contributed by atoms with E-state index in [0.717, 1.165) is 11.3 Å². The van der Waals surface area contributed by atoms with Gasteiger partial charge in [0.2, 0.25) is 5.89 Å². The summed E-state index contributed by atoms with van der Waals surface area (Å²) in [6.45, 7) is 3.92. The molecule has 1 aromatic carbocycles. The van der Waals surface area contributed by atoms with E-state index in [1.165, 1.54) is 9.13 Å². The van der Waals surface area contributed by atoms with Crippen molar-refractivity contribution in [2.45, 2.75) is 19.2 Å². The molecule has 0 aliphatic heterocycles. The zero-order valence-electron chi connectivity index (χ0n) is 9.00. The van der Waals surface area contributed by atoms with Gasteiger partial charge in [-0.05, 0) is 42.0 Å². The van der Waals surface area contributed by atoms with Gasteiger partial charge in [0.15, 0.2) is 5.76 Å². The number of oxazole rings is 1. The smallest absolute Gasteiger partial charge is 0.212 e. The Balaban J connectivity index is 2.47. The van der Waals surface area contributed by atoms with Crippen LogP contribution in [0.25, 0.3) is 11.3 Å². The van der Waals surface area contributed by atoms with E-state index in [1.54, 1.807) is 6.20 Å². The minimum atomic E-state index is -0.198. The monoisotopic (exact) mass is 347 g/mol. The molecular formula is C12H11ClINO. The highest BCUT2D eigenvalue weighted by atomic mass is 127. The predicted octanol–water partition coefficient (Wildman–Crippen LogP) is 4.55. The number of rotatable bonds is 2. The molecule has 0 N–H and O–H groups in total. The molecule has 0 radical (unpaired) electrons. The van der Waals surface area contributed by atoms with Gasteiger partial charge in [-0.15, -0.1) is 11.6 Å². The van der Waals surface area contributed by atoms with Gasteiger partial charge < -0.3 is 4.42 Å². The molecule has 0 spiro atoms. The number of alkyl halides is 1. The standard InChI is InChI=1S/C12H11ClINO/c1-7-4-3-5-9(11(7)14)10-6-15-12(16-10)8(2)13/h3-6,8H,1-2H3. The number of benzene rings is 1. The summed E-state index contributed by atoms with van der Waals surface area (Å²) in [6, 6.07) is 6.11. The summed E-state index contributed by atoms with van der Waals surface area (Å²) in [5.41, 5.74) is 2.30. The first kappa shape index (κ1) is 11.9. The van der Waals surface area contributed by atoms with Crippen LogP contribution in [-0.4, -0.2) is 4.98 Å². The summed E-state index contributed by atoms with van der Waals surface area (Å²) < 4.78 is 6.80. The van der Waals surface area contributed by atoms with Crippen molar-refractivity contribution in [3.05, 3.63) is 39.4 Å². The lowest BCUT2D eigenvalue weighted by atomic mass is 10.1. The summed E-state index contributed by atoms with van der Waals surface area (Å²) in [6.07, 6.45) is 1.73. The fraction of sp³-hybridized carbons (Fsp3) is 0.250. The maximum Gasteiger partial charge on any atom is 0.212 e. The van der Waals surface area contributed by atoms with Crippen LogP contribution in [-0.2, 0) is 0 Å². The van der Waals surface area contributed by atoms with E-state index in [-0.39, 0.29) is 5.38 Å². The topological polar surface area (TPSA) is 26.0 Å². The minimum absolute atomic E-state index is 0.198. The molecule has 0 amide bonds. The summed E-state index contributed by atoms with van der Waals surface area (Å²) in [7, 11) is 0. The maximum atomic E-state index is 5.92. The average molecular weight is 348 g/mol. The molecule has 2 rings (SSSR count). The van der Waals surface area contributed by atoms with Crippen molar-refractivity contribution >= 4 is 34.2 Å². The molecule has 0 saturated heterocycles. The van der Waals surface area contributed by atoms with Gasteiger partial charge in [-0.1, -0.05) is 18.2 Å². The van der Waals surface area contributed by atoms with E-state index in [2.05, 4.69) is 40.6 Å². The zero-order valence-corrected chi connectivity index (χ0v) is 11.9. The molecule has 2 aromatic rings. The largest absolute Gasteiger partial charge is 0.439 e. The van der Waals surface area contributed by atoms with E-state index in [9.17, 15) is 0 Å². The van der Waals surface area contributed by atoms with E-state index in [0.29, 0.717) is 5.89 Å². The van der Waals surface area contributed by atoms with Crippen molar-refractivity contribution in [2.75, 3.05) is 0 Å². The number of nitrogens with zero attached hydrogens (tertiary/aromatic N) is 1. The fourth-order valence-corrected chi connectivity index (χ4v) is 2.16. The van der Waals surface area contributed by atoms with Crippen molar-refractivity contribution in [3.8, 4) is 11.3 Å². The Bertz CT molecular complexity index is 507. The third kappa shape index (κ3) is 2.25. The number of aromatic nitrogens is 1. The fourth-order valence-electron chi connectivity index (χ4n) is 1.43. The third-order valence-corrected chi connectivity index (χ3v) is 3.94. The molecule has 84 valence electrons. The van der Waals surface area contributed by atoms with Crippen LogP contribution in [0, 0.1) is 10.5 Å². The first-order chi connectivity index (χ1) is 7.59. The van der Waals surface area contributed by atoms with Crippen molar-refractivity contribution < 1.29 is 4.42 Å². The molecule has 0 aliphatic rings. The summed E-state index contributed by atoms with van der Waals surface area (Å²) in [4.78, 5) is 4.16. The predicted molar refractivity (Wildman–Crippen MR) is 73.7 cm³/mol. The Morgan fingerprint density at radius 3 is 2.81 bits per heavy atom. The van der Waals surface area contributed by atoms with Crippen LogP contribution in [0.4, 0.5) is 0 Å². The van der Waals surface area contributed by atoms with Crippen LogP contribution in [0.3, 0.4) is 0 Å². The molecule has 16 heavy (non-hydrogen) atoms. The highest BCUT2D eigenvalue weighted by Gasteiger charge is 2.13. The number of aryl methyl sites for hydroxylation is 1. The van der Waals surface area contributed by atoms with Gasteiger partial charge in [0.1, 0.15) is 5.38 Å². The lowest BCUT2D eigenvalue weighted by Crippen LogP contribution is -1.84. The Morgan fingerprint density at radius 2 is 2.19 bits per heavy atom. The summed E-state index contributed by atoms with van der Waals surface area (Å²) in [5, 5.41) is -0.198. The molecule has 1 atom stereocenters. The van der Waals surface area contributed by atoms with Crippen LogP contribution in [0.2, 0.25) is 0 Å². The van der Waals surface area contributed by atoms with E-state index >= 15 is 0 Å². The molecular weight excluding hydrogens is 336 g/mol. The molecule has 0 saturated carbocycles. The number of hydrogen-bond acceptors (Lipinski definition) is 2. The van der Waals surface area contributed by atoms with Crippen LogP contribution < -0.4 is 0 Å². The second-order valence-electron chi connectivity index (χ2n) is 3.62. The molecule has 0 aliphatic carbocycles. The molecule has 1 aromatic heterocycles. The quantitative estimate of drug-likeness (QED) is 0.588. The lowest BCUT2D eigenvalue weighted by molar-refractivity contribution is 0.508. The average Bonchev–Trinajstić information content (AvgIpc) is 2.71. The zero-order chi connectivity index (χ0) is 11.7. The van der Waals surface area contributed by atoms with Crippen molar-refractivity contribution in [1.29, 1.82) is 0 Å². The highest BCUT2D eigenvalue weighted by molar-refractivity contribution is 14.1. The Morgan fingerprint density at radius 1 is 1.44 bits per heavy atom. The first-order valence-electron chi connectivity index (χ1n) is 4.95. The molecule has 0 fully saturated rings. The number of halogens is 2. The first-order valence-corrected chi connectivity index (χ1v) is 6.46. The van der Waals surface area contributed by atoms with Crippen molar-refractivity contribution in [1.82, 2.24) is 4.98 Å². The lowest BCUT2D eigenvalue weighted by Gasteiger charge is -2.03. The van der Waals surface area contributed by atoms with Crippen LogP contribution in [0.15, 0.2) is 28.8 Å². The minimum Gasteiger partial charge on any atom is -0.439 e. The van der Waals surface area contributed by atoms with Crippen molar-refractivity contribution in [3.63, 3.8) is 0 Å². The highest BCUT2D eigenvalue weighted by Crippen LogP contribution is 2.30. The Kier molecular flexibility index (Phi) is 3.54. The van der Waals surface area contributed by atoms with Gasteiger partial charge in [-0.25, -0.2) is 4.98 Å². The summed E-state index contributed by atoms with van der Waals surface area (Å²) in [5.74, 6) is 1.34. The van der Waals surface area contributed by atoms with Crippen LogP contribution >= 0.6 is 34.2 Å². The van der Waals surface area contributed by atoms with Crippen LogP contribution in [0.5, 0.6) is 0 Å². The number of hydrogen-bond donors (Lipinski definition) is 0. The van der Waals surface area contributed by atoms with Gasteiger partial charge in [0.05, 0.1) is 6.20 Å². The molecule has 1 unspecified atom stereocenters.